The van der Waals surface area contributed by atoms with Crippen LogP contribution < -0.4 is 15.7 Å². The Balaban J connectivity index is 2.06. The van der Waals surface area contributed by atoms with Crippen molar-refractivity contribution in [2.24, 2.45) is 5.92 Å². The number of carbonyl (C=O) groups is 2. The molecule has 0 radical (unpaired) electrons. The van der Waals surface area contributed by atoms with E-state index in [1.54, 1.807) is 32.9 Å². The van der Waals surface area contributed by atoms with E-state index in [9.17, 15) is 14.4 Å². The molecule has 1 amide bonds. The van der Waals surface area contributed by atoms with Crippen LogP contribution in [0.4, 0.5) is 0 Å². The van der Waals surface area contributed by atoms with Gasteiger partial charge in [-0.1, -0.05) is 13.8 Å². The molecule has 0 saturated heterocycles. The van der Waals surface area contributed by atoms with Gasteiger partial charge in [-0.2, -0.15) is 0 Å². The minimum atomic E-state index is -1.10. The number of rotatable bonds is 6. The summed E-state index contributed by atoms with van der Waals surface area (Å²) in [4.78, 5) is 34.3. The van der Waals surface area contributed by atoms with Crippen molar-refractivity contribution in [1.29, 1.82) is 0 Å². The standard InChI is InChI=1S/C17H19NO6/c1-9(2)16(17(21)22)18-14(19)8-23-11-4-5-12-10(3)6-15(20)24-13(12)7-11/h4-7,9,16H,8H2,1-3H3,(H,18,19)(H,21,22). The third-order valence-electron chi connectivity index (χ3n) is 3.54. The monoisotopic (exact) mass is 333 g/mol. The van der Waals surface area contributed by atoms with Gasteiger partial charge in [0.1, 0.15) is 17.4 Å². The number of fused-ring (bicyclic) bond motifs is 1. The van der Waals surface area contributed by atoms with E-state index in [1.165, 1.54) is 12.1 Å². The Labute approximate surface area is 138 Å². The summed E-state index contributed by atoms with van der Waals surface area (Å²) < 4.78 is 10.5. The average Bonchev–Trinajstić information content (AvgIpc) is 2.49. The molecule has 7 nitrogen and oxygen atoms in total. The molecule has 0 aliphatic heterocycles. The SMILES string of the molecule is Cc1cc(=O)oc2cc(OCC(=O)NC(C(=O)O)C(C)C)ccc12. The first kappa shape index (κ1) is 17.5. The topological polar surface area (TPSA) is 106 Å². The van der Waals surface area contributed by atoms with Crippen LogP contribution in [0.5, 0.6) is 5.75 Å². The fraction of sp³-hybridized carbons (Fsp3) is 0.353. The van der Waals surface area contributed by atoms with Crippen LogP contribution in [0.25, 0.3) is 11.0 Å². The largest absolute Gasteiger partial charge is 0.484 e. The first-order chi connectivity index (χ1) is 11.3. The summed E-state index contributed by atoms with van der Waals surface area (Å²) in [6.45, 7) is 4.87. The molecular weight excluding hydrogens is 314 g/mol. The molecule has 0 aliphatic rings. The Kier molecular flexibility index (Phi) is 5.23. The smallest absolute Gasteiger partial charge is 0.336 e. The molecule has 128 valence electrons. The van der Waals surface area contributed by atoms with Gasteiger partial charge in [-0.25, -0.2) is 9.59 Å². The number of amides is 1. The minimum absolute atomic E-state index is 0.246. The van der Waals surface area contributed by atoms with Gasteiger partial charge in [-0.15, -0.1) is 0 Å². The Morgan fingerprint density at radius 1 is 1.29 bits per heavy atom. The van der Waals surface area contributed by atoms with Crippen molar-refractivity contribution < 1.29 is 23.8 Å². The zero-order chi connectivity index (χ0) is 17.9. The molecule has 7 heteroatoms. The Morgan fingerprint density at radius 2 is 2.00 bits per heavy atom. The Bertz CT molecular complexity index is 823. The summed E-state index contributed by atoms with van der Waals surface area (Å²) >= 11 is 0. The molecule has 1 aromatic heterocycles. The zero-order valence-electron chi connectivity index (χ0n) is 13.7. The van der Waals surface area contributed by atoms with Crippen LogP contribution in [-0.4, -0.2) is 29.6 Å². The van der Waals surface area contributed by atoms with Crippen LogP contribution in [0, 0.1) is 12.8 Å². The van der Waals surface area contributed by atoms with E-state index in [-0.39, 0.29) is 12.5 Å². The normalized spacial score (nSPS) is 12.2. The number of aliphatic carboxylic acids is 1. The number of aryl methyl sites for hydroxylation is 1. The van der Waals surface area contributed by atoms with Gasteiger partial charge in [0.25, 0.3) is 5.91 Å². The lowest BCUT2D eigenvalue weighted by Gasteiger charge is -2.18. The van der Waals surface area contributed by atoms with Gasteiger partial charge in [-0.3, -0.25) is 4.79 Å². The molecule has 1 atom stereocenters. The first-order valence-electron chi connectivity index (χ1n) is 7.47. The molecule has 1 heterocycles. The van der Waals surface area contributed by atoms with Crippen LogP contribution in [0.15, 0.2) is 33.5 Å². The molecule has 0 spiro atoms. The third kappa shape index (κ3) is 4.13. The van der Waals surface area contributed by atoms with E-state index in [1.807, 2.05) is 0 Å². The lowest BCUT2D eigenvalue weighted by atomic mass is 10.1. The molecule has 0 saturated carbocycles. The summed E-state index contributed by atoms with van der Waals surface area (Å²) in [6.07, 6.45) is 0. The fourth-order valence-electron chi connectivity index (χ4n) is 2.27. The van der Waals surface area contributed by atoms with Gasteiger partial charge in [0.05, 0.1) is 0 Å². The summed E-state index contributed by atoms with van der Waals surface area (Å²) in [5, 5.41) is 12.2. The van der Waals surface area contributed by atoms with Crippen LogP contribution in [0.1, 0.15) is 19.4 Å². The number of ether oxygens (including phenoxy) is 1. The Hall–Kier alpha value is -2.83. The molecular formula is C17H19NO6. The molecule has 2 aromatic rings. The molecule has 24 heavy (non-hydrogen) atoms. The maximum atomic E-state index is 11.8. The van der Waals surface area contributed by atoms with E-state index in [0.29, 0.717) is 11.3 Å². The average molecular weight is 333 g/mol. The highest BCUT2D eigenvalue weighted by molar-refractivity contribution is 5.85. The van der Waals surface area contributed by atoms with Crippen molar-refractivity contribution in [2.45, 2.75) is 26.8 Å². The number of carboxylic acid groups (broad SMARTS) is 1. The van der Waals surface area contributed by atoms with Crippen molar-refractivity contribution in [1.82, 2.24) is 5.32 Å². The molecule has 2 rings (SSSR count). The number of nitrogens with one attached hydrogen (secondary N) is 1. The zero-order valence-corrected chi connectivity index (χ0v) is 13.7. The second-order valence-corrected chi connectivity index (χ2v) is 5.82. The van der Waals surface area contributed by atoms with Crippen molar-refractivity contribution in [3.8, 4) is 5.75 Å². The molecule has 2 N–H and O–H groups in total. The van der Waals surface area contributed by atoms with Crippen LogP contribution >= 0.6 is 0 Å². The minimum Gasteiger partial charge on any atom is -0.484 e. The lowest BCUT2D eigenvalue weighted by molar-refractivity contribution is -0.143. The van der Waals surface area contributed by atoms with Crippen LogP contribution in [-0.2, 0) is 9.59 Å². The summed E-state index contributed by atoms with van der Waals surface area (Å²) in [6, 6.07) is 5.33. The second-order valence-electron chi connectivity index (χ2n) is 5.82. The van der Waals surface area contributed by atoms with Gasteiger partial charge in [-0.05, 0) is 30.5 Å². The number of hydrogen-bond acceptors (Lipinski definition) is 5. The van der Waals surface area contributed by atoms with Crippen molar-refractivity contribution in [2.75, 3.05) is 6.61 Å². The van der Waals surface area contributed by atoms with Gasteiger partial charge in [0.2, 0.25) is 0 Å². The quantitative estimate of drug-likeness (QED) is 0.780. The van der Waals surface area contributed by atoms with Crippen LogP contribution in [0.2, 0.25) is 0 Å². The predicted molar refractivity (Wildman–Crippen MR) is 87.1 cm³/mol. The summed E-state index contributed by atoms with van der Waals surface area (Å²) in [7, 11) is 0. The Morgan fingerprint density at radius 3 is 2.62 bits per heavy atom. The number of hydrogen-bond donors (Lipinski definition) is 2. The molecule has 1 aromatic carbocycles. The van der Waals surface area contributed by atoms with E-state index < -0.39 is 23.5 Å². The fourth-order valence-corrected chi connectivity index (χ4v) is 2.27. The molecule has 1 unspecified atom stereocenters. The summed E-state index contributed by atoms with van der Waals surface area (Å²) in [5.74, 6) is -1.53. The number of carboxylic acids is 1. The maximum absolute atomic E-state index is 11.8. The molecule has 0 fully saturated rings. The number of carbonyl (C=O) groups excluding carboxylic acids is 1. The van der Waals surface area contributed by atoms with E-state index >= 15 is 0 Å². The number of benzene rings is 1. The lowest BCUT2D eigenvalue weighted by Crippen LogP contribution is -2.46. The van der Waals surface area contributed by atoms with E-state index in [0.717, 1.165) is 10.9 Å². The van der Waals surface area contributed by atoms with Gasteiger partial charge >= 0.3 is 11.6 Å². The van der Waals surface area contributed by atoms with Gasteiger partial charge in [0.15, 0.2) is 6.61 Å². The van der Waals surface area contributed by atoms with Crippen molar-refractivity contribution in [3.63, 3.8) is 0 Å². The molecule has 0 bridgehead atoms. The van der Waals surface area contributed by atoms with Crippen molar-refractivity contribution in [3.05, 3.63) is 40.2 Å². The summed E-state index contributed by atoms with van der Waals surface area (Å²) in [5.41, 5.74) is 0.686. The van der Waals surface area contributed by atoms with Gasteiger partial charge in [0, 0.05) is 17.5 Å². The van der Waals surface area contributed by atoms with E-state index in [4.69, 9.17) is 14.3 Å². The van der Waals surface area contributed by atoms with E-state index in [2.05, 4.69) is 5.32 Å². The van der Waals surface area contributed by atoms with Crippen LogP contribution in [0.3, 0.4) is 0 Å². The highest BCUT2D eigenvalue weighted by Gasteiger charge is 2.23. The highest BCUT2D eigenvalue weighted by atomic mass is 16.5. The first-order valence-corrected chi connectivity index (χ1v) is 7.47. The van der Waals surface area contributed by atoms with Gasteiger partial charge < -0.3 is 19.6 Å². The maximum Gasteiger partial charge on any atom is 0.336 e. The second kappa shape index (κ2) is 7.16. The molecule has 0 aliphatic carbocycles. The van der Waals surface area contributed by atoms with Crippen molar-refractivity contribution >= 4 is 22.8 Å². The highest BCUT2D eigenvalue weighted by Crippen LogP contribution is 2.22. The third-order valence-corrected chi connectivity index (χ3v) is 3.54. The predicted octanol–water partition coefficient (Wildman–Crippen LogP) is 1.71.